The minimum atomic E-state index is -4.59. The molecule has 4 rings (SSSR count). The lowest BCUT2D eigenvalue weighted by Gasteiger charge is -2.36. The molecule has 0 bridgehead atoms. The second kappa shape index (κ2) is 6.11. The van der Waals surface area contributed by atoms with Gasteiger partial charge in [-0.1, -0.05) is 6.92 Å². The van der Waals surface area contributed by atoms with Crippen molar-refractivity contribution in [3.05, 3.63) is 53.2 Å². The van der Waals surface area contributed by atoms with Crippen LogP contribution in [0.3, 0.4) is 0 Å². The number of aryl methyl sites for hydroxylation is 1. The number of nitrogens with zero attached hydrogens (tertiary/aromatic N) is 5. The van der Waals surface area contributed by atoms with Crippen LogP contribution in [0.4, 0.5) is 13.2 Å². The third-order valence-electron chi connectivity index (χ3n) is 4.93. The number of carbonyl (C=O) groups excluding carboxylic acids is 1. The summed E-state index contributed by atoms with van der Waals surface area (Å²) >= 11 is 0. The Morgan fingerprint density at radius 2 is 2.11 bits per heavy atom. The van der Waals surface area contributed by atoms with Crippen LogP contribution < -0.4 is 0 Å². The van der Waals surface area contributed by atoms with Gasteiger partial charge in [-0.2, -0.15) is 18.3 Å². The molecule has 1 amide bonds. The SMILES string of the molecule is CC[C@H]1c2cccn2CCN1C(=O)c1cnn2c(C(F)(F)F)cc(C)nc12. The molecule has 9 heteroatoms. The molecule has 0 saturated heterocycles. The molecule has 0 spiro atoms. The van der Waals surface area contributed by atoms with Crippen molar-refractivity contribution < 1.29 is 18.0 Å². The molecule has 0 unspecified atom stereocenters. The Kier molecular flexibility index (Phi) is 3.97. The van der Waals surface area contributed by atoms with E-state index in [0.717, 1.165) is 11.8 Å². The summed E-state index contributed by atoms with van der Waals surface area (Å²) in [6.45, 7) is 4.57. The third-order valence-corrected chi connectivity index (χ3v) is 4.93. The van der Waals surface area contributed by atoms with E-state index in [4.69, 9.17) is 0 Å². The zero-order chi connectivity index (χ0) is 19.3. The van der Waals surface area contributed by atoms with Crippen molar-refractivity contribution in [1.82, 2.24) is 24.1 Å². The van der Waals surface area contributed by atoms with E-state index < -0.39 is 11.9 Å². The normalized spacial score (nSPS) is 17.4. The summed E-state index contributed by atoms with van der Waals surface area (Å²) in [4.78, 5) is 19.0. The maximum absolute atomic E-state index is 13.3. The number of carbonyl (C=O) groups is 1. The van der Waals surface area contributed by atoms with Crippen LogP contribution in [0.5, 0.6) is 0 Å². The Morgan fingerprint density at radius 1 is 1.33 bits per heavy atom. The molecule has 6 nitrogen and oxygen atoms in total. The summed E-state index contributed by atoms with van der Waals surface area (Å²) in [6, 6.07) is 4.69. The van der Waals surface area contributed by atoms with E-state index in [1.165, 1.54) is 13.1 Å². The first-order valence-corrected chi connectivity index (χ1v) is 8.70. The fourth-order valence-electron chi connectivity index (χ4n) is 3.73. The quantitative estimate of drug-likeness (QED) is 0.687. The highest BCUT2D eigenvalue weighted by molar-refractivity contribution is 6.00. The molecule has 4 heterocycles. The molecular formula is C18H18F3N5O. The zero-order valence-corrected chi connectivity index (χ0v) is 14.9. The van der Waals surface area contributed by atoms with Gasteiger partial charge in [0, 0.05) is 30.7 Å². The predicted octanol–water partition coefficient (Wildman–Crippen LogP) is 3.47. The van der Waals surface area contributed by atoms with E-state index in [2.05, 4.69) is 14.6 Å². The number of fused-ring (bicyclic) bond motifs is 2. The van der Waals surface area contributed by atoms with Crippen LogP contribution in [0.2, 0.25) is 0 Å². The van der Waals surface area contributed by atoms with Crippen molar-refractivity contribution in [2.75, 3.05) is 6.54 Å². The smallest absolute Gasteiger partial charge is 0.348 e. The molecule has 27 heavy (non-hydrogen) atoms. The van der Waals surface area contributed by atoms with Crippen molar-refractivity contribution in [1.29, 1.82) is 0 Å². The number of aromatic nitrogens is 4. The van der Waals surface area contributed by atoms with Crippen molar-refractivity contribution in [2.45, 2.75) is 39.0 Å². The molecule has 0 radical (unpaired) electrons. The van der Waals surface area contributed by atoms with Crippen LogP contribution in [0.1, 0.15) is 46.8 Å². The first-order chi connectivity index (χ1) is 12.8. The topological polar surface area (TPSA) is 55.4 Å². The maximum Gasteiger partial charge on any atom is 0.433 e. The van der Waals surface area contributed by atoms with Gasteiger partial charge in [-0.25, -0.2) is 9.50 Å². The van der Waals surface area contributed by atoms with Crippen LogP contribution in [0.15, 0.2) is 30.6 Å². The lowest BCUT2D eigenvalue weighted by atomic mass is 10.1. The average Bonchev–Trinajstić information content (AvgIpc) is 3.25. The van der Waals surface area contributed by atoms with Gasteiger partial charge in [0.25, 0.3) is 5.91 Å². The molecule has 3 aromatic heterocycles. The molecule has 1 aliphatic heterocycles. The van der Waals surface area contributed by atoms with Crippen LogP contribution in [-0.2, 0) is 12.7 Å². The summed E-state index contributed by atoms with van der Waals surface area (Å²) in [6.07, 6.45) is -0.735. The van der Waals surface area contributed by atoms with Crippen molar-refractivity contribution >= 4 is 11.6 Å². The minimum Gasteiger partial charge on any atom is -0.348 e. The first kappa shape index (κ1) is 17.6. The van der Waals surface area contributed by atoms with Crippen molar-refractivity contribution in [2.24, 2.45) is 0 Å². The van der Waals surface area contributed by atoms with Crippen LogP contribution >= 0.6 is 0 Å². The highest BCUT2D eigenvalue weighted by atomic mass is 19.4. The van der Waals surface area contributed by atoms with E-state index in [9.17, 15) is 18.0 Å². The fraction of sp³-hybridized carbons (Fsp3) is 0.389. The number of rotatable bonds is 2. The Morgan fingerprint density at radius 3 is 2.81 bits per heavy atom. The molecule has 0 aromatic carbocycles. The Bertz CT molecular complexity index is 1020. The number of alkyl halides is 3. The molecule has 1 aliphatic rings. The van der Waals surface area contributed by atoms with Gasteiger partial charge in [0.1, 0.15) is 11.3 Å². The van der Waals surface area contributed by atoms with Gasteiger partial charge in [0.15, 0.2) is 5.65 Å². The molecule has 142 valence electrons. The van der Waals surface area contributed by atoms with Crippen LogP contribution in [0.25, 0.3) is 5.65 Å². The van der Waals surface area contributed by atoms with Crippen molar-refractivity contribution in [3.63, 3.8) is 0 Å². The summed E-state index contributed by atoms with van der Waals surface area (Å²) in [5.41, 5.74) is 0.284. The van der Waals surface area contributed by atoms with E-state index in [0.29, 0.717) is 24.0 Å². The molecule has 0 aliphatic carbocycles. The summed E-state index contributed by atoms with van der Waals surface area (Å²) < 4.78 is 42.8. The van der Waals surface area contributed by atoms with E-state index >= 15 is 0 Å². The van der Waals surface area contributed by atoms with Gasteiger partial charge in [-0.3, -0.25) is 4.79 Å². The second-order valence-electron chi connectivity index (χ2n) is 6.62. The fourth-order valence-corrected chi connectivity index (χ4v) is 3.73. The zero-order valence-electron chi connectivity index (χ0n) is 14.9. The number of amides is 1. The van der Waals surface area contributed by atoms with Gasteiger partial charge in [-0.05, 0) is 31.5 Å². The third kappa shape index (κ3) is 2.77. The number of halogens is 3. The summed E-state index contributed by atoms with van der Waals surface area (Å²) in [5, 5.41) is 3.81. The molecule has 0 fully saturated rings. The monoisotopic (exact) mass is 377 g/mol. The molecule has 0 N–H and O–H groups in total. The van der Waals surface area contributed by atoms with Gasteiger partial charge in [0.2, 0.25) is 0 Å². The lowest BCUT2D eigenvalue weighted by Crippen LogP contribution is -2.41. The number of hydrogen-bond acceptors (Lipinski definition) is 3. The van der Waals surface area contributed by atoms with Gasteiger partial charge >= 0.3 is 6.18 Å². The Labute approximate surface area is 153 Å². The largest absolute Gasteiger partial charge is 0.433 e. The van der Waals surface area contributed by atoms with E-state index in [1.54, 1.807) is 4.90 Å². The van der Waals surface area contributed by atoms with E-state index in [1.807, 2.05) is 25.3 Å². The van der Waals surface area contributed by atoms with Crippen molar-refractivity contribution in [3.8, 4) is 0 Å². The van der Waals surface area contributed by atoms with Gasteiger partial charge < -0.3 is 9.47 Å². The summed E-state index contributed by atoms with van der Waals surface area (Å²) in [7, 11) is 0. The lowest BCUT2D eigenvalue weighted by molar-refractivity contribution is -0.142. The molecule has 1 atom stereocenters. The van der Waals surface area contributed by atoms with Gasteiger partial charge in [0.05, 0.1) is 12.2 Å². The average molecular weight is 377 g/mol. The molecular weight excluding hydrogens is 359 g/mol. The number of hydrogen-bond donors (Lipinski definition) is 0. The highest BCUT2D eigenvalue weighted by Crippen LogP contribution is 2.33. The highest BCUT2D eigenvalue weighted by Gasteiger charge is 2.37. The standard InChI is InChI=1S/C18H18F3N5O/c1-3-13-14-5-4-6-24(14)7-8-25(13)17(27)12-10-22-26-15(18(19,20)21)9-11(2)23-16(12)26/h4-6,9-10,13H,3,7-8H2,1-2H3/t13-/m0/s1. The van der Waals surface area contributed by atoms with Crippen LogP contribution in [-0.4, -0.2) is 36.5 Å². The minimum absolute atomic E-state index is 0.0665. The summed E-state index contributed by atoms with van der Waals surface area (Å²) in [5.74, 6) is -0.351. The molecule has 3 aromatic rings. The Balaban J connectivity index is 1.79. The van der Waals surface area contributed by atoms with Gasteiger partial charge in [-0.15, -0.1) is 0 Å². The maximum atomic E-state index is 13.3. The Hall–Kier alpha value is -2.84. The second-order valence-corrected chi connectivity index (χ2v) is 6.62. The predicted molar refractivity (Wildman–Crippen MR) is 91.2 cm³/mol. The van der Waals surface area contributed by atoms with Crippen LogP contribution in [0, 0.1) is 6.92 Å². The molecule has 0 saturated carbocycles. The van der Waals surface area contributed by atoms with E-state index in [-0.39, 0.29) is 28.9 Å². The first-order valence-electron chi connectivity index (χ1n) is 8.70.